The Morgan fingerprint density at radius 2 is 2.17 bits per heavy atom. The molecule has 0 saturated heterocycles. The molecular formula is C14H23N3O. The summed E-state index contributed by atoms with van der Waals surface area (Å²) in [5.41, 5.74) is 1.09. The number of anilines is 1. The molecule has 2 N–H and O–H groups in total. The molecule has 4 heteroatoms. The highest BCUT2D eigenvalue weighted by molar-refractivity contribution is 5.38. The third kappa shape index (κ3) is 3.34. The molecule has 1 aromatic rings. The van der Waals surface area contributed by atoms with E-state index in [0.29, 0.717) is 5.41 Å². The number of hydrogen-bond acceptors (Lipinski definition) is 3. The normalized spacial score (nSPS) is 18.2. The van der Waals surface area contributed by atoms with Crippen LogP contribution < -0.4 is 10.9 Å². The molecule has 0 spiro atoms. The van der Waals surface area contributed by atoms with Crippen molar-refractivity contribution < 1.29 is 0 Å². The van der Waals surface area contributed by atoms with Crippen molar-refractivity contribution in [2.75, 3.05) is 11.9 Å². The van der Waals surface area contributed by atoms with Crippen LogP contribution in [-0.4, -0.2) is 16.7 Å². The Kier molecular flexibility index (Phi) is 4.04. The van der Waals surface area contributed by atoms with Crippen LogP contribution >= 0.6 is 0 Å². The second kappa shape index (κ2) is 5.55. The summed E-state index contributed by atoms with van der Waals surface area (Å²) < 4.78 is 0. The van der Waals surface area contributed by atoms with Gasteiger partial charge in [0, 0.05) is 12.6 Å². The monoisotopic (exact) mass is 249 g/mol. The highest BCUT2D eigenvalue weighted by atomic mass is 16.1. The van der Waals surface area contributed by atoms with Crippen LogP contribution in [0.5, 0.6) is 0 Å². The topological polar surface area (TPSA) is 57.8 Å². The van der Waals surface area contributed by atoms with Gasteiger partial charge in [-0.15, -0.1) is 0 Å². The number of H-pyrrole nitrogens is 1. The minimum Gasteiger partial charge on any atom is -0.383 e. The average Bonchev–Trinajstić information content (AvgIpc) is 2.75. The fourth-order valence-corrected chi connectivity index (χ4v) is 3.21. The van der Waals surface area contributed by atoms with E-state index < -0.39 is 0 Å². The molecule has 0 aromatic carbocycles. The third-order valence-corrected chi connectivity index (χ3v) is 3.84. The fourth-order valence-electron chi connectivity index (χ4n) is 3.21. The molecule has 0 unspecified atom stereocenters. The van der Waals surface area contributed by atoms with Gasteiger partial charge in [0.25, 0.3) is 5.56 Å². The van der Waals surface area contributed by atoms with Gasteiger partial charge in [-0.05, 0) is 30.6 Å². The molecule has 1 heterocycles. The van der Waals surface area contributed by atoms with Crippen molar-refractivity contribution in [2.45, 2.75) is 46.0 Å². The second-order valence-corrected chi connectivity index (χ2v) is 5.99. The van der Waals surface area contributed by atoms with Crippen LogP contribution in [-0.2, 0) is 0 Å². The van der Waals surface area contributed by atoms with E-state index in [1.54, 1.807) is 12.3 Å². The number of rotatable bonds is 5. The maximum Gasteiger partial charge on any atom is 0.266 e. The van der Waals surface area contributed by atoms with E-state index in [4.69, 9.17) is 0 Å². The Bertz CT molecular complexity index is 433. The molecule has 0 atom stereocenters. The largest absolute Gasteiger partial charge is 0.383 e. The molecule has 18 heavy (non-hydrogen) atoms. The van der Waals surface area contributed by atoms with Gasteiger partial charge in [0.2, 0.25) is 0 Å². The lowest BCUT2D eigenvalue weighted by Gasteiger charge is -2.31. The van der Waals surface area contributed by atoms with Gasteiger partial charge in [-0.25, -0.2) is 5.10 Å². The van der Waals surface area contributed by atoms with Crippen molar-refractivity contribution in [1.29, 1.82) is 0 Å². The summed E-state index contributed by atoms with van der Waals surface area (Å²) in [6.45, 7) is 5.53. The SMILES string of the molecule is CC(C)CC1(CNc2cn[nH]c(=O)c2)CCCC1. The Labute approximate surface area is 108 Å². The molecule has 1 aromatic heterocycles. The predicted octanol–water partition coefficient (Wildman–Crippen LogP) is 2.79. The lowest BCUT2D eigenvalue weighted by molar-refractivity contribution is 0.252. The van der Waals surface area contributed by atoms with Crippen molar-refractivity contribution >= 4 is 5.69 Å². The molecule has 1 aliphatic rings. The summed E-state index contributed by atoms with van der Waals surface area (Å²) in [6, 6.07) is 1.57. The highest BCUT2D eigenvalue weighted by Gasteiger charge is 2.34. The van der Waals surface area contributed by atoms with Gasteiger partial charge in [0.05, 0.1) is 11.9 Å². The maximum absolute atomic E-state index is 11.2. The third-order valence-electron chi connectivity index (χ3n) is 3.84. The molecule has 1 fully saturated rings. The van der Waals surface area contributed by atoms with E-state index in [1.807, 2.05) is 0 Å². The number of aromatic amines is 1. The fraction of sp³-hybridized carbons (Fsp3) is 0.714. The molecular weight excluding hydrogens is 226 g/mol. The van der Waals surface area contributed by atoms with Crippen LogP contribution in [0.4, 0.5) is 5.69 Å². The first-order valence-corrected chi connectivity index (χ1v) is 6.88. The van der Waals surface area contributed by atoms with Crippen LogP contribution in [0.2, 0.25) is 0 Å². The van der Waals surface area contributed by atoms with Gasteiger partial charge in [-0.1, -0.05) is 26.7 Å². The van der Waals surface area contributed by atoms with E-state index in [-0.39, 0.29) is 5.56 Å². The van der Waals surface area contributed by atoms with E-state index in [2.05, 4.69) is 29.4 Å². The van der Waals surface area contributed by atoms with Gasteiger partial charge in [-0.2, -0.15) is 5.10 Å². The van der Waals surface area contributed by atoms with Gasteiger partial charge >= 0.3 is 0 Å². The zero-order chi connectivity index (χ0) is 13.0. The zero-order valence-electron chi connectivity index (χ0n) is 11.3. The van der Waals surface area contributed by atoms with Gasteiger partial charge in [0.15, 0.2) is 0 Å². The lowest BCUT2D eigenvalue weighted by Crippen LogP contribution is -2.28. The Balaban J connectivity index is 2.00. The Morgan fingerprint density at radius 1 is 1.44 bits per heavy atom. The van der Waals surface area contributed by atoms with Crippen LogP contribution in [0.3, 0.4) is 0 Å². The molecule has 1 aliphatic carbocycles. The molecule has 0 bridgehead atoms. The number of nitrogens with zero attached hydrogens (tertiary/aromatic N) is 1. The minimum atomic E-state index is -0.149. The average molecular weight is 249 g/mol. The van der Waals surface area contributed by atoms with E-state index in [0.717, 1.165) is 18.2 Å². The summed E-state index contributed by atoms with van der Waals surface area (Å²) in [7, 11) is 0. The molecule has 100 valence electrons. The molecule has 0 aliphatic heterocycles. The summed E-state index contributed by atoms with van der Waals surface area (Å²) >= 11 is 0. The molecule has 1 saturated carbocycles. The van der Waals surface area contributed by atoms with Crippen LogP contribution in [0.15, 0.2) is 17.1 Å². The van der Waals surface area contributed by atoms with Crippen molar-refractivity contribution in [3.63, 3.8) is 0 Å². The van der Waals surface area contributed by atoms with E-state index in [9.17, 15) is 4.79 Å². The molecule has 4 nitrogen and oxygen atoms in total. The quantitative estimate of drug-likeness (QED) is 0.843. The maximum atomic E-state index is 11.2. The van der Waals surface area contributed by atoms with Crippen LogP contribution in [0.1, 0.15) is 46.0 Å². The smallest absolute Gasteiger partial charge is 0.266 e. The van der Waals surface area contributed by atoms with Crippen LogP contribution in [0.25, 0.3) is 0 Å². The zero-order valence-corrected chi connectivity index (χ0v) is 11.3. The first-order chi connectivity index (χ1) is 8.60. The standard InChI is InChI=1S/C14H23N3O/c1-11(2)8-14(5-3-4-6-14)10-15-12-7-13(18)17-16-9-12/h7,9,11H,3-6,8,10H2,1-2H3,(H2,15,17,18). The summed E-state index contributed by atoms with van der Waals surface area (Å²) in [5.74, 6) is 0.724. The van der Waals surface area contributed by atoms with E-state index >= 15 is 0 Å². The molecule has 2 rings (SSSR count). The van der Waals surface area contributed by atoms with E-state index in [1.165, 1.54) is 32.1 Å². The summed E-state index contributed by atoms with van der Waals surface area (Å²) in [6.07, 6.45) is 8.21. The van der Waals surface area contributed by atoms with Crippen molar-refractivity contribution in [3.05, 3.63) is 22.6 Å². The van der Waals surface area contributed by atoms with Crippen molar-refractivity contribution in [1.82, 2.24) is 10.2 Å². The number of hydrogen-bond donors (Lipinski definition) is 2. The second-order valence-electron chi connectivity index (χ2n) is 5.99. The molecule has 0 amide bonds. The lowest BCUT2D eigenvalue weighted by atomic mass is 9.78. The van der Waals surface area contributed by atoms with Gasteiger partial charge < -0.3 is 5.32 Å². The predicted molar refractivity (Wildman–Crippen MR) is 73.7 cm³/mol. The van der Waals surface area contributed by atoms with Gasteiger partial charge in [0.1, 0.15) is 0 Å². The van der Waals surface area contributed by atoms with Crippen molar-refractivity contribution in [3.8, 4) is 0 Å². The van der Waals surface area contributed by atoms with Crippen LogP contribution in [0, 0.1) is 11.3 Å². The minimum absolute atomic E-state index is 0.149. The number of nitrogens with one attached hydrogen (secondary N) is 2. The first-order valence-electron chi connectivity index (χ1n) is 6.88. The summed E-state index contributed by atoms with van der Waals surface area (Å²) in [4.78, 5) is 11.2. The van der Waals surface area contributed by atoms with Crippen molar-refractivity contribution in [2.24, 2.45) is 11.3 Å². The Hall–Kier alpha value is -1.32. The van der Waals surface area contributed by atoms with Gasteiger partial charge in [-0.3, -0.25) is 4.79 Å². The first kappa shape index (κ1) is 13.1. The number of aromatic nitrogens is 2. The summed E-state index contributed by atoms with van der Waals surface area (Å²) in [5, 5.41) is 9.60. The highest BCUT2D eigenvalue weighted by Crippen LogP contribution is 2.43. The Morgan fingerprint density at radius 3 is 2.78 bits per heavy atom. The molecule has 0 radical (unpaired) electrons.